The maximum atomic E-state index is 12.1. The van der Waals surface area contributed by atoms with Crippen molar-refractivity contribution in [1.29, 1.82) is 0 Å². The number of carbonyl (C=O) groups excluding carboxylic acids is 1. The summed E-state index contributed by atoms with van der Waals surface area (Å²) in [6.45, 7) is 0. The van der Waals surface area contributed by atoms with Crippen LogP contribution in [0.25, 0.3) is 0 Å². The summed E-state index contributed by atoms with van der Waals surface area (Å²) in [7, 11) is 1.44. The molecule has 2 heterocycles. The van der Waals surface area contributed by atoms with Crippen molar-refractivity contribution < 1.29 is 9.53 Å². The molecule has 2 rings (SSSR count). The lowest BCUT2D eigenvalue weighted by molar-refractivity contribution is 0.103. The van der Waals surface area contributed by atoms with Gasteiger partial charge < -0.3 is 4.74 Å². The van der Waals surface area contributed by atoms with E-state index in [2.05, 4.69) is 9.97 Å². The van der Waals surface area contributed by atoms with E-state index in [1.165, 1.54) is 30.8 Å². The largest absolute Gasteiger partial charge is 0.479 e. The Kier molecular flexibility index (Phi) is 3.17. The Hall–Kier alpha value is -1.46. The van der Waals surface area contributed by atoms with Crippen molar-refractivity contribution in [3.63, 3.8) is 0 Å². The third-order valence-corrected chi connectivity index (χ3v) is 3.24. The fraction of sp³-hybridized carbons (Fsp3) is 0.100. The third-order valence-electron chi connectivity index (χ3n) is 1.90. The van der Waals surface area contributed by atoms with E-state index in [-0.39, 0.29) is 17.4 Å². The molecule has 0 aromatic carbocycles. The highest BCUT2D eigenvalue weighted by atomic mass is 35.5. The average molecular weight is 255 g/mol. The topological polar surface area (TPSA) is 52.1 Å². The number of halogens is 1. The zero-order valence-corrected chi connectivity index (χ0v) is 9.88. The van der Waals surface area contributed by atoms with Gasteiger partial charge in [0, 0.05) is 12.4 Å². The maximum Gasteiger partial charge on any atom is 0.243 e. The number of carbonyl (C=O) groups is 1. The highest BCUT2D eigenvalue weighted by Gasteiger charge is 2.20. The van der Waals surface area contributed by atoms with Gasteiger partial charge in [0.1, 0.15) is 0 Å². The van der Waals surface area contributed by atoms with Gasteiger partial charge in [0.05, 0.1) is 17.0 Å². The van der Waals surface area contributed by atoms with Gasteiger partial charge in [-0.1, -0.05) is 11.6 Å². The summed E-state index contributed by atoms with van der Waals surface area (Å²) in [6, 6.07) is 1.67. The first-order valence-corrected chi connectivity index (χ1v) is 5.62. The number of methoxy groups -OCH3 is 1. The summed E-state index contributed by atoms with van der Waals surface area (Å²) in [4.78, 5) is 20.4. The number of aromatic nitrogens is 2. The van der Waals surface area contributed by atoms with Gasteiger partial charge in [-0.05, 0) is 11.4 Å². The number of rotatable bonds is 3. The van der Waals surface area contributed by atoms with Crippen molar-refractivity contribution >= 4 is 28.7 Å². The highest BCUT2D eigenvalue weighted by Crippen LogP contribution is 2.26. The number of thiophene rings is 1. The average Bonchev–Trinajstić information content (AvgIpc) is 2.74. The molecule has 0 unspecified atom stereocenters. The smallest absolute Gasteiger partial charge is 0.243 e. The number of nitrogens with zero attached hydrogens (tertiary/aromatic N) is 2. The Morgan fingerprint density at radius 3 is 2.81 bits per heavy atom. The van der Waals surface area contributed by atoms with Crippen molar-refractivity contribution in [2.75, 3.05) is 7.11 Å². The zero-order chi connectivity index (χ0) is 11.5. The molecule has 0 aliphatic carbocycles. The molecule has 0 aliphatic heterocycles. The number of hydrogen-bond acceptors (Lipinski definition) is 5. The third kappa shape index (κ3) is 1.91. The van der Waals surface area contributed by atoms with Gasteiger partial charge >= 0.3 is 0 Å². The molecule has 6 heteroatoms. The summed E-state index contributed by atoms with van der Waals surface area (Å²) in [5.41, 5.74) is 0.175. The first-order chi connectivity index (χ1) is 7.74. The van der Waals surface area contributed by atoms with Crippen LogP contribution in [0.5, 0.6) is 5.88 Å². The van der Waals surface area contributed by atoms with Crippen LogP contribution < -0.4 is 4.74 Å². The molecular weight excluding hydrogens is 248 g/mol. The maximum absolute atomic E-state index is 12.1. The Labute approximate surface area is 101 Å². The number of ketones is 1. The molecule has 16 heavy (non-hydrogen) atoms. The van der Waals surface area contributed by atoms with E-state index in [0.29, 0.717) is 9.90 Å². The van der Waals surface area contributed by atoms with E-state index in [1.807, 2.05) is 0 Å². The summed E-state index contributed by atoms with van der Waals surface area (Å²) in [6.07, 6.45) is 2.91. The van der Waals surface area contributed by atoms with Gasteiger partial charge in [-0.3, -0.25) is 4.79 Å². The SMILES string of the molecule is COc1nccnc1C(=O)c1sccc1Cl. The molecule has 0 amide bonds. The minimum Gasteiger partial charge on any atom is -0.479 e. The molecule has 0 saturated heterocycles. The normalized spacial score (nSPS) is 10.1. The Morgan fingerprint density at radius 1 is 1.44 bits per heavy atom. The molecule has 4 nitrogen and oxygen atoms in total. The summed E-state index contributed by atoms with van der Waals surface area (Å²) >= 11 is 7.15. The monoisotopic (exact) mass is 254 g/mol. The van der Waals surface area contributed by atoms with Gasteiger partial charge in [0.25, 0.3) is 0 Å². The zero-order valence-electron chi connectivity index (χ0n) is 8.31. The van der Waals surface area contributed by atoms with Crippen molar-refractivity contribution in [1.82, 2.24) is 9.97 Å². The predicted octanol–water partition coefficient (Wildman–Crippen LogP) is 2.43. The molecular formula is C10H7ClN2O2S. The van der Waals surface area contributed by atoms with Crippen molar-refractivity contribution in [2.45, 2.75) is 0 Å². The van der Waals surface area contributed by atoms with E-state index >= 15 is 0 Å². The van der Waals surface area contributed by atoms with Crippen LogP contribution in [0.1, 0.15) is 15.4 Å². The van der Waals surface area contributed by atoms with Crippen molar-refractivity contribution in [3.8, 4) is 5.88 Å². The summed E-state index contributed by atoms with van der Waals surface area (Å²) in [5, 5.41) is 2.17. The van der Waals surface area contributed by atoms with Crippen molar-refractivity contribution in [2.24, 2.45) is 0 Å². The first kappa shape index (κ1) is 11.0. The lowest BCUT2D eigenvalue weighted by Crippen LogP contribution is -2.06. The second kappa shape index (κ2) is 4.59. The number of ether oxygens (including phenoxy) is 1. The first-order valence-electron chi connectivity index (χ1n) is 4.36. The molecule has 0 bridgehead atoms. The van der Waals surface area contributed by atoms with Crippen LogP contribution in [0.4, 0.5) is 0 Å². The number of hydrogen-bond donors (Lipinski definition) is 0. The van der Waals surface area contributed by atoms with E-state index in [4.69, 9.17) is 16.3 Å². The lowest BCUT2D eigenvalue weighted by atomic mass is 10.2. The molecule has 0 fully saturated rings. The molecule has 0 N–H and O–H groups in total. The van der Waals surface area contributed by atoms with Gasteiger partial charge in [0.15, 0.2) is 5.69 Å². The standard InChI is InChI=1S/C10H7ClN2O2S/c1-15-10-7(12-3-4-13-10)8(14)9-6(11)2-5-16-9/h2-5H,1H3. The van der Waals surface area contributed by atoms with E-state index in [0.717, 1.165) is 0 Å². The Morgan fingerprint density at radius 2 is 2.19 bits per heavy atom. The van der Waals surface area contributed by atoms with Gasteiger partial charge in [-0.25, -0.2) is 9.97 Å². The fourth-order valence-corrected chi connectivity index (χ4v) is 2.28. The fourth-order valence-electron chi connectivity index (χ4n) is 1.19. The van der Waals surface area contributed by atoms with Crippen LogP contribution >= 0.6 is 22.9 Å². The van der Waals surface area contributed by atoms with E-state index in [9.17, 15) is 4.79 Å². The molecule has 0 radical (unpaired) electrons. The van der Waals surface area contributed by atoms with Gasteiger partial charge in [0.2, 0.25) is 11.7 Å². The molecule has 0 aliphatic rings. The van der Waals surface area contributed by atoms with Crippen LogP contribution in [0.2, 0.25) is 5.02 Å². The lowest BCUT2D eigenvalue weighted by Gasteiger charge is -2.03. The highest BCUT2D eigenvalue weighted by molar-refractivity contribution is 7.13. The second-order valence-electron chi connectivity index (χ2n) is 2.84. The molecule has 2 aromatic heterocycles. The van der Waals surface area contributed by atoms with Gasteiger partial charge in [-0.15, -0.1) is 11.3 Å². The minimum atomic E-state index is -0.273. The van der Waals surface area contributed by atoms with E-state index < -0.39 is 0 Å². The van der Waals surface area contributed by atoms with Crippen molar-refractivity contribution in [3.05, 3.63) is 39.4 Å². The van der Waals surface area contributed by atoms with Crippen LogP contribution in [0.15, 0.2) is 23.8 Å². The molecule has 0 atom stereocenters. The molecule has 0 saturated carbocycles. The molecule has 2 aromatic rings. The summed E-state index contributed by atoms with van der Waals surface area (Å²) in [5.74, 6) is -0.0677. The van der Waals surface area contributed by atoms with Crippen LogP contribution in [0.3, 0.4) is 0 Å². The Balaban J connectivity index is 2.46. The Bertz CT molecular complexity index is 527. The molecule has 0 spiro atoms. The van der Waals surface area contributed by atoms with E-state index in [1.54, 1.807) is 11.4 Å². The van der Waals surface area contributed by atoms with Crippen LogP contribution in [0, 0.1) is 0 Å². The quantitative estimate of drug-likeness (QED) is 0.790. The summed E-state index contributed by atoms with van der Waals surface area (Å²) < 4.78 is 4.97. The van der Waals surface area contributed by atoms with Crippen LogP contribution in [-0.2, 0) is 0 Å². The van der Waals surface area contributed by atoms with Crippen LogP contribution in [-0.4, -0.2) is 22.9 Å². The second-order valence-corrected chi connectivity index (χ2v) is 4.16. The predicted molar refractivity (Wildman–Crippen MR) is 61.3 cm³/mol. The molecule has 82 valence electrons. The van der Waals surface area contributed by atoms with Gasteiger partial charge in [-0.2, -0.15) is 0 Å². The minimum absolute atomic E-state index is 0.175.